The van der Waals surface area contributed by atoms with Gasteiger partial charge in [0, 0.05) is 25.6 Å². The summed E-state index contributed by atoms with van der Waals surface area (Å²) in [4.78, 5) is 58.3. The summed E-state index contributed by atoms with van der Waals surface area (Å²) in [6, 6.07) is 9.15. The van der Waals surface area contributed by atoms with Crippen molar-refractivity contribution in [3.8, 4) is 0 Å². The first kappa shape index (κ1) is 25.2. The molecule has 2 aromatic rings. The second-order valence-corrected chi connectivity index (χ2v) is 9.58. The summed E-state index contributed by atoms with van der Waals surface area (Å²) in [5, 5.41) is 14.2. The van der Waals surface area contributed by atoms with E-state index in [4.69, 9.17) is 0 Å². The molecule has 0 saturated carbocycles. The number of fused-ring (bicyclic) bond motifs is 1. The topological polar surface area (TPSA) is 132 Å². The van der Waals surface area contributed by atoms with E-state index < -0.39 is 24.1 Å². The SMILES string of the molecule is CC(C)C[C@@H](NC(=O)O)C(=O)NC1Cc2cccc(N3CCCC3=O)c2N(Cc2ccccn2)C1=O. The fraction of sp³-hybridized carbons (Fsp3) is 0.423. The van der Waals surface area contributed by atoms with Crippen LogP contribution in [0.3, 0.4) is 0 Å². The quantitative estimate of drug-likeness (QED) is 0.518. The minimum atomic E-state index is -1.30. The summed E-state index contributed by atoms with van der Waals surface area (Å²) >= 11 is 0. The van der Waals surface area contributed by atoms with E-state index in [9.17, 15) is 24.3 Å². The Morgan fingerprint density at radius 1 is 1.17 bits per heavy atom. The molecule has 190 valence electrons. The number of para-hydroxylation sites is 1. The van der Waals surface area contributed by atoms with Crippen molar-refractivity contribution < 1.29 is 24.3 Å². The smallest absolute Gasteiger partial charge is 0.405 e. The Morgan fingerprint density at radius 3 is 2.61 bits per heavy atom. The molecular weight excluding hydrogens is 462 g/mol. The highest BCUT2D eigenvalue weighted by Crippen LogP contribution is 2.39. The molecule has 1 saturated heterocycles. The molecule has 4 amide bonds. The number of nitrogens with one attached hydrogen (secondary N) is 2. The summed E-state index contributed by atoms with van der Waals surface area (Å²) in [5.74, 6) is -0.798. The molecule has 2 atom stereocenters. The van der Waals surface area contributed by atoms with Crippen molar-refractivity contribution in [2.45, 2.75) is 58.2 Å². The number of carbonyl (C=O) groups excluding carboxylic acids is 3. The van der Waals surface area contributed by atoms with Crippen LogP contribution >= 0.6 is 0 Å². The maximum Gasteiger partial charge on any atom is 0.405 e. The zero-order chi connectivity index (χ0) is 25.8. The van der Waals surface area contributed by atoms with Crippen molar-refractivity contribution in [3.63, 3.8) is 0 Å². The molecule has 2 aliphatic heterocycles. The summed E-state index contributed by atoms with van der Waals surface area (Å²) in [6.45, 7) is 4.53. The Hall–Kier alpha value is -3.95. The number of carbonyl (C=O) groups is 4. The van der Waals surface area contributed by atoms with Gasteiger partial charge >= 0.3 is 6.09 Å². The van der Waals surface area contributed by atoms with Crippen molar-refractivity contribution in [2.24, 2.45) is 5.92 Å². The van der Waals surface area contributed by atoms with Crippen LogP contribution in [0.4, 0.5) is 16.2 Å². The van der Waals surface area contributed by atoms with Crippen LogP contribution in [0.5, 0.6) is 0 Å². The maximum atomic E-state index is 13.8. The van der Waals surface area contributed by atoms with Crippen molar-refractivity contribution in [1.29, 1.82) is 0 Å². The lowest BCUT2D eigenvalue weighted by Crippen LogP contribution is -2.57. The molecule has 36 heavy (non-hydrogen) atoms. The lowest BCUT2D eigenvalue weighted by atomic mass is 9.94. The lowest BCUT2D eigenvalue weighted by molar-refractivity contribution is -0.129. The molecule has 3 heterocycles. The van der Waals surface area contributed by atoms with E-state index in [2.05, 4.69) is 15.6 Å². The molecule has 2 aliphatic rings. The van der Waals surface area contributed by atoms with Gasteiger partial charge in [-0.05, 0) is 42.5 Å². The number of aromatic nitrogens is 1. The number of nitrogens with zero attached hydrogens (tertiary/aromatic N) is 3. The first-order chi connectivity index (χ1) is 17.2. The van der Waals surface area contributed by atoms with Gasteiger partial charge in [-0.3, -0.25) is 19.4 Å². The number of hydrogen-bond donors (Lipinski definition) is 3. The number of hydrogen-bond acceptors (Lipinski definition) is 5. The fourth-order valence-corrected chi connectivity index (χ4v) is 4.83. The van der Waals surface area contributed by atoms with Crippen LogP contribution in [0, 0.1) is 5.92 Å². The number of rotatable bonds is 8. The molecule has 1 unspecified atom stereocenters. The highest BCUT2D eigenvalue weighted by molar-refractivity contribution is 6.08. The fourth-order valence-electron chi connectivity index (χ4n) is 4.83. The Morgan fingerprint density at radius 2 is 1.97 bits per heavy atom. The highest BCUT2D eigenvalue weighted by Gasteiger charge is 2.38. The summed E-state index contributed by atoms with van der Waals surface area (Å²) in [7, 11) is 0. The van der Waals surface area contributed by atoms with Gasteiger partial charge in [0.15, 0.2) is 0 Å². The monoisotopic (exact) mass is 493 g/mol. The molecule has 0 radical (unpaired) electrons. The number of anilines is 2. The number of benzene rings is 1. The number of pyridine rings is 1. The average molecular weight is 494 g/mol. The minimum absolute atomic E-state index is 0.0142. The molecule has 10 nitrogen and oxygen atoms in total. The molecule has 10 heteroatoms. The Balaban J connectivity index is 1.68. The third-order valence-corrected chi connectivity index (χ3v) is 6.40. The highest BCUT2D eigenvalue weighted by atomic mass is 16.4. The van der Waals surface area contributed by atoms with Crippen molar-refractivity contribution in [2.75, 3.05) is 16.3 Å². The van der Waals surface area contributed by atoms with Gasteiger partial charge in [0.2, 0.25) is 17.7 Å². The van der Waals surface area contributed by atoms with Crippen LogP contribution in [-0.4, -0.2) is 52.5 Å². The molecule has 0 spiro atoms. The normalized spacial score (nSPS) is 18.2. The molecule has 0 aliphatic carbocycles. The van der Waals surface area contributed by atoms with Gasteiger partial charge in [0.25, 0.3) is 0 Å². The van der Waals surface area contributed by atoms with Crippen LogP contribution in [0.1, 0.15) is 44.4 Å². The van der Waals surface area contributed by atoms with Gasteiger partial charge < -0.3 is 25.5 Å². The van der Waals surface area contributed by atoms with E-state index in [0.717, 1.165) is 12.0 Å². The van der Waals surface area contributed by atoms with Crippen LogP contribution in [0.2, 0.25) is 0 Å². The Bertz CT molecular complexity index is 1150. The Labute approximate surface area is 209 Å². The van der Waals surface area contributed by atoms with Gasteiger partial charge in [-0.1, -0.05) is 32.0 Å². The zero-order valence-electron chi connectivity index (χ0n) is 20.4. The van der Waals surface area contributed by atoms with E-state index in [1.54, 1.807) is 22.1 Å². The van der Waals surface area contributed by atoms with Crippen LogP contribution in [-0.2, 0) is 27.3 Å². The summed E-state index contributed by atoms with van der Waals surface area (Å²) in [6.07, 6.45) is 2.10. The van der Waals surface area contributed by atoms with Gasteiger partial charge in [0.1, 0.15) is 12.1 Å². The lowest BCUT2D eigenvalue weighted by Gasteiger charge is -2.37. The molecule has 3 N–H and O–H groups in total. The molecule has 1 aromatic heterocycles. The van der Waals surface area contributed by atoms with Crippen LogP contribution in [0.15, 0.2) is 42.6 Å². The third kappa shape index (κ3) is 5.48. The molecule has 0 bridgehead atoms. The predicted octanol–water partition coefficient (Wildman–Crippen LogP) is 2.46. The van der Waals surface area contributed by atoms with E-state index in [0.29, 0.717) is 36.5 Å². The van der Waals surface area contributed by atoms with E-state index in [-0.39, 0.29) is 30.7 Å². The summed E-state index contributed by atoms with van der Waals surface area (Å²) in [5.41, 5.74) is 2.81. The standard InChI is InChI=1S/C26H31N5O5/c1-16(2)13-19(29-26(35)36)24(33)28-20-14-17-7-5-9-21(30-12-6-10-22(30)32)23(17)31(25(20)34)15-18-8-3-4-11-27-18/h3-5,7-9,11,16,19-20,29H,6,10,12-15H2,1-2H3,(H,28,33)(H,35,36)/t19-,20?/m1/s1. The van der Waals surface area contributed by atoms with Crippen LogP contribution in [0.25, 0.3) is 0 Å². The molecule has 4 rings (SSSR count). The second-order valence-electron chi connectivity index (χ2n) is 9.58. The zero-order valence-corrected chi connectivity index (χ0v) is 20.4. The van der Waals surface area contributed by atoms with E-state index in [1.807, 2.05) is 44.2 Å². The van der Waals surface area contributed by atoms with Crippen molar-refractivity contribution in [1.82, 2.24) is 15.6 Å². The van der Waals surface area contributed by atoms with E-state index in [1.165, 1.54) is 0 Å². The largest absolute Gasteiger partial charge is 0.465 e. The number of amides is 4. The Kier molecular flexibility index (Phi) is 7.52. The summed E-state index contributed by atoms with van der Waals surface area (Å²) < 4.78 is 0. The number of carboxylic acid groups (broad SMARTS) is 1. The minimum Gasteiger partial charge on any atom is -0.465 e. The van der Waals surface area contributed by atoms with Crippen LogP contribution < -0.4 is 20.4 Å². The first-order valence-corrected chi connectivity index (χ1v) is 12.2. The average Bonchev–Trinajstić information content (AvgIpc) is 3.26. The van der Waals surface area contributed by atoms with E-state index >= 15 is 0 Å². The van der Waals surface area contributed by atoms with Gasteiger partial charge in [-0.15, -0.1) is 0 Å². The first-order valence-electron chi connectivity index (χ1n) is 12.2. The predicted molar refractivity (Wildman–Crippen MR) is 133 cm³/mol. The molecule has 1 aromatic carbocycles. The maximum absolute atomic E-state index is 13.8. The van der Waals surface area contributed by atoms with Gasteiger partial charge in [-0.25, -0.2) is 4.79 Å². The third-order valence-electron chi connectivity index (χ3n) is 6.40. The van der Waals surface area contributed by atoms with Gasteiger partial charge in [-0.2, -0.15) is 0 Å². The van der Waals surface area contributed by atoms with Crippen molar-refractivity contribution >= 4 is 35.2 Å². The molecule has 1 fully saturated rings. The second kappa shape index (κ2) is 10.8. The van der Waals surface area contributed by atoms with Gasteiger partial charge in [0.05, 0.1) is 23.6 Å². The van der Waals surface area contributed by atoms with Crippen molar-refractivity contribution in [3.05, 3.63) is 53.9 Å². The molecular formula is C26H31N5O5.